The maximum absolute atomic E-state index is 12.5. The fourth-order valence-electron chi connectivity index (χ4n) is 2.31. The molecule has 0 aliphatic rings. The van der Waals surface area contributed by atoms with E-state index in [0.717, 1.165) is 5.69 Å². The Morgan fingerprint density at radius 3 is 2.71 bits per heavy atom. The van der Waals surface area contributed by atoms with Crippen LogP contribution in [0.3, 0.4) is 0 Å². The van der Waals surface area contributed by atoms with E-state index in [0.29, 0.717) is 18.7 Å². The van der Waals surface area contributed by atoms with Gasteiger partial charge in [0.2, 0.25) is 0 Å². The average molecular weight is 339 g/mol. The van der Waals surface area contributed by atoms with Crippen LogP contribution in [0.2, 0.25) is 0 Å². The summed E-state index contributed by atoms with van der Waals surface area (Å²) < 4.78 is 35.9. The standard InChI is InChI=1S/C16H19F2N3O3/c1-4-21-12(7-8-19-21)10-20(2)15(22)11-5-6-13(24-16(17)18)14(9-11)23-3/h5-9,16H,4,10H2,1-3H3. The Morgan fingerprint density at radius 1 is 1.33 bits per heavy atom. The van der Waals surface area contributed by atoms with E-state index in [1.165, 1.54) is 30.2 Å². The van der Waals surface area contributed by atoms with Crippen LogP contribution in [0.15, 0.2) is 30.5 Å². The molecule has 0 fully saturated rings. The third kappa shape index (κ3) is 4.01. The summed E-state index contributed by atoms with van der Waals surface area (Å²) in [6, 6.07) is 5.94. The lowest BCUT2D eigenvalue weighted by Crippen LogP contribution is -2.27. The first-order valence-electron chi connectivity index (χ1n) is 7.35. The van der Waals surface area contributed by atoms with Gasteiger partial charge in [-0.2, -0.15) is 13.9 Å². The Balaban J connectivity index is 2.16. The average Bonchev–Trinajstić information content (AvgIpc) is 3.01. The van der Waals surface area contributed by atoms with Gasteiger partial charge >= 0.3 is 6.61 Å². The molecular formula is C16H19F2N3O3. The van der Waals surface area contributed by atoms with Crippen molar-refractivity contribution in [2.75, 3.05) is 14.2 Å². The molecule has 2 aromatic rings. The number of methoxy groups -OCH3 is 1. The van der Waals surface area contributed by atoms with E-state index < -0.39 is 6.61 Å². The van der Waals surface area contributed by atoms with Crippen molar-refractivity contribution in [3.05, 3.63) is 41.7 Å². The molecule has 0 unspecified atom stereocenters. The molecule has 0 atom stereocenters. The van der Waals surface area contributed by atoms with Gasteiger partial charge in [-0.15, -0.1) is 0 Å². The van der Waals surface area contributed by atoms with Crippen LogP contribution in [0.5, 0.6) is 11.5 Å². The van der Waals surface area contributed by atoms with Gasteiger partial charge in [-0.1, -0.05) is 0 Å². The first-order valence-corrected chi connectivity index (χ1v) is 7.35. The van der Waals surface area contributed by atoms with E-state index in [-0.39, 0.29) is 17.4 Å². The molecule has 1 heterocycles. The van der Waals surface area contributed by atoms with E-state index in [1.807, 2.05) is 13.0 Å². The Kier molecular flexibility index (Phi) is 5.73. The highest BCUT2D eigenvalue weighted by molar-refractivity contribution is 5.94. The second-order valence-electron chi connectivity index (χ2n) is 5.04. The Labute approximate surface area is 138 Å². The fourth-order valence-corrected chi connectivity index (χ4v) is 2.31. The van der Waals surface area contributed by atoms with Gasteiger partial charge in [0.05, 0.1) is 19.3 Å². The number of hydrogen-bond donors (Lipinski definition) is 0. The highest BCUT2D eigenvalue weighted by Crippen LogP contribution is 2.29. The monoisotopic (exact) mass is 339 g/mol. The van der Waals surface area contributed by atoms with Crippen molar-refractivity contribution in [3.8, 4) is 11.5 Å². The molecule has 0 aliphatic heterocycles. The van der Waals surface area contributed by atoms with Crippen molar-refractivity contribution in [1.29, 1.82) is 0 Å². The molecule has 0 saturated carbocycles. The molecule has 130 valence electrons. The molecule has 0 radical (unpaired) electrons. The van der Waals surface area contributed by atoms with Crippen molar-refractivity contribution >= 4 is 5.91 Å². The number of carbonyl (C=O) groups excluding carboxylic acids is 1. The minimum absolute atomic E-state index is 0.0770. The Morgan fingerprint density at radius 2 is 2.08 bits per heavy atom. The molecule has 0 N–H and O–H groups in total. The van der Waals surface area contributed by atoms with Crippen molar-refractivity contribution < 1.29 is 23.0 Å². The highest BCUT2D eigenvalue weighted by Gasteiger charge is 2.17. The van der Waals surface area contributed by atoms with Crippen LogP contribution >= 0.6 is 0 Å². The molecule has 6 nitrogen and oxygen atoms in total. The minimum Gasteiger partial charge on any atom is -0.493 e. The van der Waals surface area contributed by atoms with Gasteiger partial charge < -0.3 is 14.4 Å². The quantitative estimate of drug-likeness (QED) is 0.778. The van der Waals surface area contributed by atoms with Gasteiger partial charge in [0.15, 0.2) is 11.5 Å². The number of amides is 1. The number of aryl methyl sites for hydroxylation is 1. The number of rotatable bonds is 7. The van der Waals surface area contributed by atoms with Crippen molar-refractivity contribution in [2.24, 2.45) is 0 Å². The lowest BCUT2D eigenvalue weighted by molar-refractivity contribution is -0.0512. The number of ether oxygens (including phenoxy) is 2. The van der Waals surface area contributed by atoms with Crippen LogP contribution in [-0.4, -0.2) is 41.4 Å². The van der Waals surface area contributed by atoms with Crippen molar-refractivity contribution in [1.82, 2.24) is 14.7 Å². The zero-order valence-corrected chi connectivity index (χ0v) is 13.7. The molecule has 8 heteroatoms. The van der Waals surface area contributed by atoms with Crippen LogP contribution in [-0.2, 0) is 13.1 Å². The molecule has 1 aromatic carbocycles. The van der Waals surface area contributed by atoms with Crippen molar-refractivity contribution in [2.45, 2.75) is 26.6 Å². The zero-order chi connectivity index (χ0) is 17.7. The molecule has 1 aromatic heterocycles. The molecule has 2 rings (SSSR count). The maximum atomic E-state index is 12.5. The van der Waals surface area contributed by atoms with Crippen molar-refractivity contribution in [3.63, 3.8) is 0 Å². The molecule has 0 aliphatic carbocycles. The van der Waals surface area contributed by atoms with E-state index in [1.54, 1.807) is 17.9 Å². The topological polar surface area (TPSA) is 56.6 Å². The number of carbonyl (C=O) groups is 1. The lowest BCUT2D eigenvalue weighted by atomic mass is 10.1. The summed E-state index contributed by atoms with van der Waals surface area (Å²) in [6.45, 7) is 0.0880. The predicted octanol–water partition coefficient (Wildman–Crippen LogP) is 2.79. The molecule has 0 saturated heterocycles. The lowest BCUT2D eigenvalue weighted by Gasteiger charge is -2.18. The van der Waals surface area contributed by atoms with E-state index in [9.17, 15) is 13.6 Å². The van der Waals surface area contributed by atoms with E-state index in [2.05, 4.69) is 9.84 Å². The molecule has 1 amide bonds. The van der Waals surface area contributed by atoms with Gasteiger partial charge in [0, 0.05) is 25.4 Å². The predicted molar refractivity (Wildman–Crippen MR) is 83.3 cm³/mol. The molecule has 0 spiro atoms. The normalized spacial score (nSPS) is 10.8. The van der Waals surface area contributed by atoms with Crippen LogP contribution in [0, 0.1) is 0 Å². The van der Waals surface area contributed by atoms with Gasteiger partial charge in [-0.3, -0.25) is 9.48 Å². The summed E-state index contributed by atoms with van der Waals surface area (Å²) in [7, 11) is 2.98. The highest BCUT2D eigenvalue weighted by atomic mass is 19.3. The summed E-state index contributed by atoms with van der Waals surface area (Å²) in [6.07, 6.45) is 1.68. The number of halogens is 2. The van der Waals surface area contributed by atoms with E-state index >= 15 is 0 Å². The van der Waals surface area contributed by atoms with Crippen LogP contribution in [0.25, 0.3) is 0 Å². The number of hydrogen-bond acceptors (Lipinski definition) is 4. The first kappa shape index (κ1) is 17.7. The number of nitrogens with zero attached hydrogens (tertiary/aromatic N) is 3. The number of alkyl halides is 2. The SMILES string of the molecule is CCn1nccc1CN(C)C(=O)c1ccc(OC(F)F)c(OC)c1. The van der Waals surface area contributed by atoms with Gasteiger partial charge in [0.1, 0.15) is 0 Å². The Bertz CT molecular complexity index is 704. The molecular weight excluding hydrogens is 320 g/mol. The second kappa shape index (κ2) is 7.76. The first-order chi connectivity index (χ1) is 11.5. The minimum atomic E-state index is -2.96. The summed E-state index contributed by atoms with van der Waals surface area (Å²) in [5.74, 6) is -0.301. The Hall–Kier alpha value is -2.64. The van der Waals surface area contributed by atoms with E-state index in [4.69, 9.17) is 4.74 Å². The van der Waals surface area contributed by atoms with Gasteiger partial charge in [-0.25, -0.2) is 0 Å². The zero-order valence-electron chi connectivity index (χ0n) is 13.7. The third-order valence-corrected chi connectivity index (χ3v) is 3.48. The number of benzene rings is 1. The summed E-state index contributed by atoms with van der Waals surface area (Å²) in [5.41, 5.74) is 1.22. The van der Waals surface area contributed by atoms with Crippen LogP contribution in [0.1, 0.15) is 23.0 Å². The fraction of sp³-hybridized carbons (Fsp3) is 0.375. The summed E-state index contributed by atoms with van der Waals surface area (Å²) >= 11 is 0. The van der Waals surface area contributed by atoms with Gasteiger partial charge in [0.25, 0.3) is 5.91 Å². The summed E-state index contributed by atoms with van der Waals surface area (Å²) in [5, 5.41) is 4.16. The number of aromatic nitrogens is 2. The van der Waals surface area contributed by atoms with Gasteiger partial charge in [-0.05, 0) is 31.2 Å². The smallest absolute Gasteiger partial charge is 0.387 e. The second-order valence-corrected chi connectivity index (χ2v) is 5.04. The molecule has 0 bridgehead atoms. The maximum Gasteiger partial charge on any atom is 0.387 e. The summed E-state index contributed by atoms with van der Waals surface area (Å²) in [4.78, 5) is 14.0. The third-order valence-electron chi connectivity index (χ3n) is 3.48. The largest absolute Gasteiger partial charge is 0.493 e. The molecule has 24 heavy (non-hydrogen) atoms. The van der Waals surface area contributed by atoms with Crippen LogP contribution in [0.4, 0.5) is 8.78 Å². The van der Waals surface area contributed by atoms with Crippen LogP contribution < -0.4 is 9.47 Å².